The van der Waals surface area contributed by atoms with Crippen LogP contribution in [0.4, 0.5) is 5.69 Å². The van der Waals surface area contributed by atoms with Gasteiger partial charge in [-0.25, -0.2) is 8.42 Å². The molecule has 3 rings (SSSR count). The molecule has 3 aromatic rings. The number of para-hydroxylation sites is 1. The number of rotatable bonds is 8. The van der Waals surface area contributed by atoms with Gasteiger partial charge in [-0.1, -0.05) is 48.5 Å². The Morgan fingerprint density at radius 1 is 0.903 bits per heavy atom. The summed E-state index contributed by atoms with van der Waals surface area (Å²) in [5.74, 6) is 0.137. The molecule has 162 valence electrons. The summed E-state index contributed by atoms with van der Waals surface area (Å²) in [6, 6.07) is 21.3. The lowest BCUT2D eigenvalue weighted by atomic mass is 10.1. The quantitative estimate of drug-likeness (QED) is 0.574. The van der Waals surface area contributed by atoms with Gasteiger partial charge in [0.25, 0.3) is 5.91 Å². The molecule has 0 aliphatic carbocycles. The number of ether oxygens (including phenoxy) is 1. The van der Waals surface area contributed by atoms with Crippen LogP contribution in [0.3, 0.4) is 0 Å². The maximum absolute atomic E-state index is 12.8. The molecule has 0 spiro atoms. The van der Waals surface area contributed by atoms with Crippen LogP contribution in [0.25, 0.3) is 0 Å². The number of carbonyl (C=O) groups is 1. The first-order chi connectivity index (χ1) is 14.8. The summed E-state index contributed by atoms with van der Waals surface area (Å²) < 4.78 is 32.4. The molecular formula is C24H26N2O4S. The van der Waals surface area contributed by atoms with E-state index in [1.807, 2.05) is 62.4 Å². The minimum atomic E-state index is -3.64. The van der Waals surface area contributed by atoms with Gasteiger partial charge in [-0.2, -0.15) is 4.31 Å². The lowest BCUT2D eigenvalue weighted by molar-refractivity contribution is -0.118. The third kappa shape index (κ3) is 5.71. The van der Waals surface area contributed by atoms with Crippen molar-refractivity contribution < 1.29 is 17.9 Å². The SMILES string of the molecule is Cc1cccc(C)c1NC(=O)COc1ccc(S(=O)(=O)N(C)Cc2ccccc2)cc1. The van der Waals surface area contributed by atoms with Crippen molar-refractivity contribution in [2.45, 2.75) is 25.3 Å². The number of sulfonamides is 1. The molecule has 0 aliphatic heterocycles. The maximum atomic E-state index is 12.8. The van der Waals surface area contributed by atoms with Gasteiger partial charge in [0.15, 0.2) is 6.61 Å². The molecule has 3 aromatic carbocycles. The monoisotopic (exact) mass is 438 g/mol. The van der Waals surface area contributed by atoms with Gasteiger partial charge >= 0.3 is 0 Å². The highest BCUT2D eigenvalue weighted by Crippen LogP contribution is 2.21. The molecule has 1 amide bonds. The zero-order valence-electron chi connectivity index (χ0n) is 17.8. The first-order valence-electron chi connectivity index (χ1n) is 9.86. The zero-order valence-corrected chi connectivity index (χ0v) is 18.6. The summed E-state index contributed by atoms with van der Waals surface area (Å²) >= 11 is 0. The second kappa shape index (κ2) is 9.76. The second-order valence-corrected chi connectivity index (χ2v) is 9.37. The summed E-state index contributed by atoms with van der Waals surface area (Å²) in [5, 5.41) is 2.86. The molecule has 0 heterocycles. The van der Waals surface area contributed by atoms with Crippen molar-refractivity contribution in [2.24, 2.45) is 0 Å². The Morgan fingerprint density at radius 3 is 2.13 bits per heavy atom. The second-order valence-electron chi connectivity index (χ2n) is 7.32. The van der Waals surface area contributed by atoms with E-state index in [1.54, 1.807) is 19.2 Å². The van der Waals surface area contributed by atoms with E-state index in [0.717, 1.165) is 22.4 Å². The maximum Gasteiger partial charge on any atom is 0.262 e. The standard InChI is InChI=1S/C24H26N2O4S/c1-18-8-7-9-19(2)24(18)25-23(27)17-30-21-12-14-22(15-13-21)31(28,29)26(3)16-20-10-5-4-6-11-20/h4-15H,16-17H2,1-3H3,(H,25,27). The molecule has 7 heteroatoms. The summed E-state index contributed by atoms with van der Waals surface area (Å²) in [6.07, 6.45) is 0. The van der Waals surface area contributed by atoms with Gasteiger partial charge in [0.1, 0.15) is 5.75 Å². The Labute approximate surface area is 183 Å². The fraction of sp³-hybridized carbons (Fsp3) is 0.208. The van der Waals surface area contributed by atoms with Crippen LogP contribution in [0.2, 0.25) is 0 Å². The number of hydrogen-bond donors (Lipinski definition) is 1. The van der Waals surface area contributed by atoms with Crippen molar-refractivity contribution >= 4 is 21.6 Å². The molecule has 6 nitrogen and oxygen atoms in total. The Kier molecular flexibility index (Phi) is 7.09. The van der Waals surface area contributed by atoms with E-state index < -0.39 is 10.0 Å². The molecule has 0 atom stereocenters. The molecule has 0 aliphatic rings. The molecule has 0 saturated heterocycles. The lowest BCUT2D eigenvalue weighted by Crippen LogP contribution is -2.26. The predicted octanol–water partition coefficient (Wildman–Crippen LogP) is 4.14. The largest absolute Gasteiger partial charge is 0.484 e. The molecule has 1 N–H and O–H groups in total. The highest BCUT2D eigenvalue weighted by Gasteiger charge is 2.21. The summed E-state index contributed by atoms with van der Waals surface area (Å²) in [5.41, 5.74) is 3.63. The Bertz CT molecular complexity index is 1120. The van der Waals surface area contributed by atoms with Crippen LogP contribution in [0.1, 0.15) is 16.7 Å². The van der Waals surface area contributed by atoms with E-state index >= 15 is 0 Å². The first kappa shape index (κ1) is 22.5. The number of nitrogens with one attached hydrogen (secondary N) is 1. The highest BCUT2D eigenvalue weighted by molar-refractivity contribution is 7.89. The molecule has 0 saturated carbocycles. The topological polar surface area (TPSA) is 75.7 Å². The number of hydrogen-bond acceptors (Lipinski definition) is 4. The summed E-state index contributed by atoms with van der Waals surface area (Å²) in [7, 11) is -2.09. The van der Waals surface area contributed by atoms with Crippen LogP contribution in [0, 0.1) is 13.8 Å². The van der Waals surface area contributed by atoms with Crippen LogP contribution >= 0.6 is 0 Å². The van der Waals surface area contributed by atoms with Gasteiger partial charge in [-0.15, -0.1) is 0 Å². The molecular weight excluding hydrogens is 412 g/mol. The van der Waals surface area contributed by atoms with E-state index in [-0.39, 0.29) is 24.0 Å². The molecule has 0 fully saturated rings. The Balaban J connectivity index is 1.60. The average molecular weight is 439 g/mol. The molecule has 0 unspecified atom stereocenters. The third-order valence-electron chi connectivity index (χ3n) is 4.90. The van der Waals surface area contributed by atoms with Crippen LogP contribution < -0.4 is 10.1 Å². The Hall–Kier alpha value is -3.16. The zero-order chi connectivity index (χ0) is 22.4. The minimum Gasteiger partial charge on any atom is -0.484 e. The van der Waals surface area contributed by atoms with Crippen molar-refractivity contribution in [3.8, 4) is 5.75 Å². The van der Waals surface area contributed by atoms with Crippen molar-refractivity contribution in [1.82, 2.24) is 4.31 Å². The molecule has 0 radical (unpaired) electrons. The van der Waals surface area contributed by atoms with E-state index in [2.05, 4.69) is 5.32 Å². The fourth-order valence-electron chi connectivity index (χ4n) is 3.15. The number of nitrogens with zero attached hydrogens (tertiary/aromatic N) is 1. The fourth-order valence-corrected chi connectivity index (χ4v) is 4.31. The van der Waals surface area contributed by atoms with Crippen LogP contribution in [0.5, 0.6) is 5.75 Å². The smallest absolute Gasteiger partial charge is 0.262 e. The average Bonchev–Trinajstić information content (AvgIpc) is 2.76. The number of amides is 1. The number of anilines is 1. The van der Waals surface area contributed by atoms with Gasteiger partial charge < -0.3 is 10.1 Å². The minimum absolute atomic E-state index is 0.165. The molecule has 0 aromatic heterocycles. The third-order valence-corrected chi connectivity index (χ3v) is 6.71. The summed E-state index contributed by atoms with van der Waals surface area (Å²) in [6.45, 7) is 3.96. The van der Waals surface area contributed by atoms with Gasteiger partial charge in [0.2, 0.25) is 10.0 Å². The molecule has 0 bridgehead atoms. The highest BCUT2D eigenvalue weighted by atomic mass is 32.2. The van der Waals surface area contributed by atoms with E-state index in [0.29, 0.717) is 5.75 Å². The summed E-state index contributed by atoms with van der Waals surface area (Å²) in [4.78, 5) is 12.4. The van der Waals surface area contributed by atoms with Crippen LogP contribution in [-0.2, 0) is 21.4 Å². The number of aryl methyl sites for hydroxylation is 2. The lowest BCUT2D eigenvalue weighted by Gasteiger charge is -2.17. The normalized spacial score (nSPS) is 11.4. The number of benzene rings is 3. The Morgan fingerprint density at radius 2 is 1.52 bits per heavy atom. The van der Waals surface area contributed by atoms with E-state index in [9.17, 15) is 13.2 Å². The van der Waals surface area contributed by atoms with Gasteiger partial charge in [-0.3, -0.25) is 4.79 Å². The van der Waals surface area contributed by atoms with Crippen molar-refractivity contribution in [3.63, 3.8) is 0 Å². The van der Waals surface area contributed by atoms with Crippen molar-refractivity contribution in [1.29, 1.82) is 0 Å². The van der Waals surface area contributed by atoms with E-state index in [4.69, 9.17) is 4.74 Å². The first-order valence-corrected chi connectivity index (χ1v) is 11.3. The predicted molar refractivity (Wildman–Crippen MR) is 122 cm³/mol. The number of carbonyl (C=O) groups excluding carboxylic acids is 1. The molecule has 31 heavy (non-hydrogen) atoms. The van der Waals surface area contributed by atoms with Gasteiger partial charge in [0.05, 0.1) is 4.90 Å². The van der Waals surface area contributed by atoms with Crippen LogP contribution in [-0.4, -0.2) is 32.3 Å². The van der Waals surface area contributed by atoms with Gasteiger partial charge in [0, 0.05) is 19.3 Å². The van der Waals surface area contributed by atoms with Crippen molar-refractivity contribution in [3.05, 3.63) is 89.5 Å². The van der Waals surface area contributed by atoms with Crippen molar-refractivity contribution in [2.75, 3.05) is 19.0 Å². The van der Waals surface area contributed by atoms with Crippen LogP contribution in [0.15, 0.2) is 77.7 Å². The van der Waals surface area contributed by atoms with Gasteiger partial charge in [-0.05, 0) is 54.8 Å². The van der Waals surface area contributed by atoms with E-state index in [1.165, 1.54) is 16.4 Å².